The molecule has 1 aliphatic heterocycles. The lowest BCUT2D eigenvalue weighted by Gasteiger charge is -2.23. The fourth-order valence-electron chi connectivity index (χ4n) is 2.65. The number of carboxylic acid groups (broad SMARTS) is 1. The first kappa shape index (κ1) is 19.7. The van der Waals surface area contributed by atoms with Gasteiger partial charge in [-0.15, -0.1) is 0 Å². The van der Waals surface area contributed by atoms with Crippen molar-refractivity contribution in [2.75, 3.05) is 13.1 Å². The van der Waals surface area contributed by atoms with Gasteiger partial charge in [0, 0.05) is 13.1 Å². The third-order valence-corrected chi connectivity index (χ3v) is 3.81. The number of carbonyl (C=O) groups is 3. The van der Waals surface area contributed by atoms with Crippen LogP contribution in [0.25, 0.3) is 0 Å². The molecule has 0 aromatic heterocycles. The molecule has 1 amide bonds. The largest absolute Gasteiger partial charge is 0.481 e. The summed E-state index contributed by atoms with van der Waals surface area (Å²) in [5.74, 6) is -3.55. The van der Waals surface area contributed by atoms with E-state index in [1.807, 2.05) is 30.3 Å². The van der Waals surface area contributed by atoms with Crippen molar-refractivity contribution in [3.8, 4) is 0 Å². The average Bonchev–Trinajstić information content (AvgIpc) is 2.95. The first-order valence-electron chi connectivity index (χ1n) is 8.33. The van der Waals surface area contributed by atoms with Crippen molar-refractivity contribution in [2.45, 2.75) is 33.0 Å². The van der Waals surface area contributed by atoms with E-state index in [1.165, 1.54) is 5.01 Å². The minimum Gasteiger partial charge on any atom is -0.481 e. The molecule has 1 fully saturated rings. The summed E-state index contributed by atoms with van der Waals surface area (Å²) >= 11 is 0. The van der Waals surface area contributed by atoms with E-state index in [0.717, 1.165) is 5.56 Å². The van der Waals surface area contributed by atoms with Crippen LogP contribution < -0.4 is 5.43 Å². The molecule has 26 heavy (non-hydrogen) atoms. The minimum atomic E-state index is -1.11. The molecule has 1 saturated heterocycles. The van der Waals surface area contributed by atoms with Crippen LogP contribution in [-0.4, -0.2) is 46.8 Å². The van der Waals surface area contributed by atoms with E-state index in [4.69, 9.17) is 9.47 Å². The highest BCUT2D eigenvalue weighted by atomic mass is 16.6. The highest BCUT2D eigenvalue weighted by Crippen LogP contribution is 2.24. The van der Waals surface area contributed by atoms with Gasteiger partial charge in [-0.3, -0.25) is 15.0 Å². The number of rotatable bonds is 5. The molecular formula is C18H24N2O6. The number of hydrazine groups is 1. The summed E-state index contributed by atoms with van der Waals surface area (Å²) in [4.78, 5) is 35.6. The number of nitrogens with zero attached hydrogens (tertiary/aromatic N) is 1. The second-order valence-corrected chi connectivity index (χ2v) is 7.16. The number of esters is 1. The van der Waals surface area contributed by atoms with Gasteiger partial charge in [0.1, 0.15) is 12.2 Å². The number of hydrogen-bond donors (Lipinski definition) is 2. The maximum absolute atomic E-state index is 12.3. The summed E-state index contributed by atoms with van der Waals surface area (Å²) in [6, 6.07) is 9.12. The molecule has 0 aliphatic carbocycles. The lowest BCUT2D eigenvalue weighted by atomic mass is 9.96. The summed E-state index contributed by atoms with van der Waals surface area (Å²) < 4.78 is 10.4. The zero-order chi connectivity index (χ0) is 19.3. The predicted molar refractivity (Wildman–Crippen MR) is 91.8 cm³/mol. The van der Waals surface area contributed by atoms with Crippen LogP contribution in [0.5, 0.6) is 0 Å². The normalized spacial score (nSPS) is 20.4. The maximum atomic E-state index is 12.3. The van der Waals surface area contributed by atoms with Gasteiger partial charge < -0.3 is 14.6 Å². The van der Waals surface area contributed by atoms with Crippen LogP contribution in [0.3, 0.4) is 0 Å². The number of carbonyl (C=O) groups excluding carboxylic acids is 2. The van der Waals surface area contributed by atoms with Crippen LogP contribution >= 0.6 is 0 Å². The smallest absolute Gasteiger partial charge is 0.422 e. The fraction of sp³-hybridized carbons (Fsp3) is 0.500. The topological polar surface area (TPSA) is 105 Å². The van der Waals surface area contributed by atoms with Gasteiger partial charge in [0.25, 0.3) is 0 Å². The van der Waals surface area contributed by atoms with E-state index in [-0.39, 0.29) is 19.7 Å². The van der Waals surface area contributed by atoms with Crippen LogP contribution in [0.4, 0.5) is 4.79 Å². The third-order valence-electron chi connectivity index (χ3n) is 3.81. The van der Waals surface area contributed by atoms with Gasteiger partial charge in [0.05, 0.1) is 11.8 Å². The molecule has 8 nitrogen and oxygen atoms in total. The van der Waals surface area contributed by atoms with Gasteiger partial charge >= 0.3 is 18.0 Å². The molecule has 2 atom stereocenters. The molecule has 2 rings (SSSR count). The SMILES string of the molecule is CC(C)(C)OC(=O)NN1C[C@H](C(=O)OCc2ccccc2)[C@H](C(=O)O)C1. The van der Waals surface area contributed by atoms with Gasteiger partial charge in [-0.25, -0.2) is 9.80 Å². The highest BCUT2D eigenvalue weighted by Gasteiger charge is 2.43. The van der Waals surface area contributed by atoms with Crippen LogP contribution in [0, 0.1) is 11.8 Å². The Labute approximate surface area is 152 Å². The summed E-state index contributed by atoms with van der Waals surface area (Å²) in [6.07, 6.45) is -0.694. The Bertz CT molecular complexity index is 655. The number of hydrogen-bond acceptors (Lipinski definition) is 6. The Morgan fingerprint density at radius 3 is 2.35 bits per heavy atom. The molecule has 0 saturated carbocycles. The van der Waals surface area contributed by atoms with Crippen molar-refractivity contribution in [1.82, 2.24) is 10.4 Å². The Balaban J connectivity index is 1.94. The van der Waals surface area contributed by atoms with E-state index < -0.39 is 35.5 Å². The van der Waals surface area contributed by atoms with Crippen LogP contribution in [0.1, 0.15) is 26.3 Å². The summed E-state index contributed by atoms with van der Waals surface area (Å²) in [5, 5.41) is 10.8. The van der Waals surface area contributed by atoms with Gasteiger partial charge in [-0.1, -0.05) is 30.3 Å². The van der Waals surface area contributed by atoms with Crippen molar-refractivity contribution >= 4 is 18.0 Å². The van der Waals surface area contributed by atoms with Crippen molar-refractivity contribution < 1.29 is 29.0 Å². The van der Waals surface area contributed by atoms with Crippen molar-refractivity contribution in [3.63, 3.8) is 0 Å². The van der Waals surface area contributed by atoms with Crippen LogP contribution in [-0.2, 0) is 25.7 Å². The van der Waals surface area contributed by atoms with Crippen LogP contribution in [0.15, 0.2) is 30.3 Å². The second kappa shape index (κ2) is 8.18. The molecule has 1 heterocycles. The third kappa shape index (κ3) is 5.73. The Morgan fingerprint density at radius 1 is 1.15 bits per heavy atom. The number of amides is 1. The number of aliphatic carboxylic acids is 1. The molecule has 1 aliphatic rings. The standard InChI is InChI=1S/C18H24N2O6/c1-18(2,3)26-17(24)19-20-9-13(15(21)22)14(10-20)16(23)25-11-12-7-5-4-6-8-12/h4-8,13-14H,9-11H2,1-3H3,(H,19,24)(H,21,22)/t13-,14+/m1/s1. The summed E-state index contributed by atoms with van der Waals surface area (Å²) in [7, 11) is 0. The number of nitrogens with one attached hydrogen (secondary N) is 1. The molecule has 0 bridgehead atoms. The fourth-order valence-corrected chi connectivity index (χ4v) is 2.65. The zero-order valence-electron chi connectivity index (χ0n) is 15.1. The van der Waals surface area contributed by atoms with Crippen molar-refractivity contribution in [1.29, 1.82) is 0 Å². The van der Waals surface area contributed by atoms with Gasteiger partial charge in [-0.2, -0.15) is 0 Å². The van der Waals surface area contributed by atoms with E-state index in [1.54, 1.807) is 20.8 Å². The summed E-state index contributed by atoms with van der Waals surface area (Å²) in [5.41, 5.74) is 2.62. The molecule has 0 radical (unpaired) electrons. The predicted octanol–water partition coefficient (Wildman–Crippen LogP) is 1.80. The Hall–Kier alpha value is -2.61. The second-order valence-electron chi connectivity index (χ2n) is 7.16. The average molecular weight is 364 g/mol. The molecule has 8 heteroatoms. The number of ether oxygens (including phenoxy) is 2. The number of benzene rings is 1. The van der Waals surface area contributed by atoms with Gasteiger partial charge in [0.15, 0.2) is 0 Å². The highest BCUT2D eigenvalue weighted by molar-refractivity contribution is 5.82. The molecule has 2 N–H and O–H groups in total. The molecule has 142 valence electrons. The monoisotopic (exact) mass is 364 g/mol. The molecular weight excluding hydrogens is 340 g/mol. The van der Waals surface area contributed by atoms with Crippen molar-refractivity contribution in [2.24, 2.45) is 11.8 Å². The van der Waals surface area contributed by atoms with E-state index in [2.05, 4.69) is 5.43 Å². The molecule has 1 aromatic rings. The lowest BCUT2D eigenvalue weighted by molar-refractivity contribution is -0.156. The van der Waals surface area contributed by atoms with Crippen LogP contribution in [0.2, 0.25) is 0 Å². The molecule has 1 aromatic carbocycles. The Morgan fingerprint density at radius 2 is 1.77 bits per heavy atom. The van der Waals surface area contributed by atoms with Gasteiger partial charge in [-0.05, 0) is 26.3 Å². The first-order chi connectivity index (χ1) is 12.2. The first-order valence-corrected chi connectivity index (χ1v) is 8.33. The van der Waals surface area contributed by atoms with E-state index in [0.29, 0.717) is 0 Å². The van der Waals surface area contributed by atoms with Crippen molar-refractivity contribution in [3.05, 3.63) is 35.9 Å². The maximum Gasteiger partial charge on any atom is 0.422 e. The van der Waals surface area contributed by atoms with Gasteiger partial charge in [0.2, 0.25) is 0 Å². The molecule has 0 spiro atoms. The lowest BCUT2D eigenvalue weighted by Crippen LogP contribution is -2.44. The van der Waals surface area contributed by atoms with E-state index in [9.17, 15) is 19.5 Å². The number of carboxylic acids is 1. The zero-order valence-corrected chi connectivity index (χ0v) is 15.1. The Kier molecular flexibility index (Phi) is 6.20. The quantitative estimate of drug-likeness (QED) is 0.768. The summed E-state index contributed by atoms with van der Waals surface area (Å²) in [6.45, 7) is 5.28. The minimum absolute atomic E-state index is 0.000318. The molecule has 0 unspecified atom stereocenters. The van der Waals surface area contributed by atoms with E-state index >= 15 is 0 Å².